The highest BCUT2D eigenvalue weighted by atomic mass is 35.5. The Kier molecular flexibility index (Phi) is 5.26. The number of carbonyl (C=O) groups excluding carboxylic acids is 1. The number of carbonyl (C=O) groups is 1. The van der Waals surface area contributed by atoms with Crippen LogP contribution in [0.3, 0.4) is 0 Å². The van der Waals surface area contributed by atoms with E-state index in [0.717, 1.165) is 12.8 Å². The van der Waals surface area contributed by atoms with Gasteiger partial charge in [-0.2, -0.15) is 5.10 Å². The van der Waals surface area contributed by atoms with E-state index < -0.39 is 17.3 Å². The lowest BCUT2D eigenvalue weighted by Crippen LogP contribution is -2.43. The number of fused-ring (bicyclic) bond motifs is 1. The first-order valence-corrected chi connectivity index (χ1v) is 9.42. The van der Waals surface area contributed by atoms with Gasteiger partial charge in [0.1, 0.15) is 5.82 Å². The summed E-state index contributed by atoms with van der Waals surface area (Å²) in [6, 6.07) is 1.51. The van der Waals surface area contributed by atoms with Gasteiger partial charge in [-0.25, -0.2) is 4.39 Å². The number of aromatic nitrogens is 2. The molecule has 0 bridgehead atoms. The molecule has 26 heavy (non-hydrogen) atoms. The standard InChI is InChI=1S/C19H25ClFN3O2/c1-4-14(25)24-7-5-12(6-8-24)19(2,3)18(26)15-16(21)13(20)9-11-10-22-23-17(11)15/h9-10,12,18,26H,4-8H2,1-3H3,(H,22,23). The highest BCUT2D eigenvalue weighted by Gasteiger charge is 2.41. The fourth-order valence-electron chi connectivity index (χ4n) is 4.01. The average molecular weight is 382 g/mol. The molecule has 1 fully saturated rings. The van der Waals surface area contributed by atoms with Crippen LogP contribution in [0.5, 0.6) is 0 Å². The van der Waals surface area contributed by atoms with Crippen LogP contribution in [-0.2, 0) is 4.79 Å². The number of aromatic amines is 1. The normalized spacial score (nSPS) is 17.7. The van der Waals surface area contributed by atoms with Gasteiger partial charge in [0.2, 0.25) is 5.91 Å². The fraction of sp³-hybridized carbons (Fsp3) is 0.579. The van der Waals surface area contributed by atoms with E-state index in [4.69, 9.17) is 11.6 Å². The molecule has 1 aromatic carbocycles. The summed E-state index contributed by atoms with van der Waals surface area (Å²) in [7, 11) is 0. The molecule has 1 amide bonds. The maximum absolute atomic E-state index is 14.8. The number of likely N-dealkylation sites (tertiary alicyclic amines) is 1. The smallest absolute Gasteiger partial charge is 0.222 e. The molecule has 0 radical (unpaired) electrons. The third kappa shape index (κ3) is 3.21. The Morgan fingerprint density at radius 2 is 2.15 bits per heavy atom. The maximum atomic E-state index is 14.8. The number of hydrogen-bond acceptors (Lipinski definition) is 3. The molecule has 1 aliphatic heterocycles. The van der Waals surface area contributed by atoms with Crippen LogP contribution in [-0.4, -0.2) is 39.2 Å². The average Bonchev–Trinajstić information content (AvgIpc) is 3.09. The lowest BCUT2D eigenvalue weighted by Gasteiger charge is -2.43. The molecule has 0 spiro atoms. The van der Waals surface area contributed by atoms with Crippen molar-refractivity contribution in [2.24, 2.45) is 11.3 Å². The van der Waals surface area contributed by atoms with Crippen LogP contribution in [0.15, 0.2) is 12.3 Å². The quantitative estimate of drug-likeness (QED) is 0.838. The Morgan fingerprint density at radius 3 is 2.77 bits per heavy atom. The lowest BCUT2D eigenvalue weighted by atomic mass is 9.68. The summed E-state index contributed by atoms with van der Waals surface area (Å²) in [5.41, 5.74) is 0.0680. The minimum absolute atomic E-state index is 0.0212. The Morgan fingerprint density at radius 1 is 1.50 bits per heavy atom. The maximum Gasteiger partial charge on any atom is 0.222 e. The molecular formula is C19H25ClFN3O2. The summed E-state index contributed by atoms with van der Waals surface area (Å²) in [5.74, 6) is -0.292. The van der Waals surface area contributed by atoms with Crippen LogP contribution in [0.1, 0.15) is 51.7 Å². The zero-order valence-electron chi connectivity index (χ0n) is 15.4. The first kappa shape index (κ1) is 19.1. The van der Waals surface area contributed by atoms with Crippen molar-refractivity contribution in [1.82, 2.24) is 15.1 Å². The number of benzene rings is 1. The van der Waals surface area contributed by atoms with E-state index >= 15 is 0 Å². The monoisotopic (exact) mass is 381 g/mol. The second-order valence-electron chi connectivity index (χ2n) is 7.65. The zero-order chi connectivity index (χ0) is 19.1. The van der Waals surface area contributed by atoms with Crippen LogP contribution in [0, 0.1) is 17.2 Å². The second kappa shape index (κ2) is 7.16. The summed E-state index contributed by atoms with van der Waals surface area (Å²) in [5, 5.41) is 18.5. The van der Waals surface area contributed by atoms with Crippen LogP contribution < -0.4 is 0 Å². The minimum atomic E-state index is -1.04. The molecule has 2 aromatic rings. The summed E-state index contributed by atoms with van der Waals surface area (Å²) in [4.78, 5) is 13.7. The number of aliphatic hydroxyl groups is 1. The van der Waals surface area contributed by atoms with Crippen molar-refractivity contribution < 1.29 is 14.3 Å². The summed E-state index contributed by atoms with van der Waals surface area (Å²) < 4.78 is 14.8. The van der Waals surface area contributed by atoms with Gasteiger partial charge in [-0.05, 0) is 30.2 Å². The molecule has 0 saturated carbocycles. The summed E-state index contributed by atoms with van der Waals surface area (Å²) >= 11 is 6.03. The van der Waals surface area contributed by atoms with Gasteiger partial charge in [-0.3, -0.25) is 9.89 Å². The molecule has 2 heterocycles. The van der Waals surface area contributed by atoms with Crippen molar-refractivity contribution in [1.29, 1.82) is 0 Å². The van der Waals surface area contributed by atoms with Crippen molar-refractivity contribution in [2.45, 2.75) is 46.1 Å². The molecular weight excluding hydrogens is 357 g/mol. The number of hydrogen-bond donors (Lipinski definition) is 2. The van der Waals surface area contributed by atoms with Crippen molar-refractivity contribution in [3.63, 3.8) is 0 Å². The number of halogens is 2. The third-order valence-electron chi connectivity index (χ3n) is 5.85. The predicted octanol–water partition coefficient (Wildman–Crippen LogP) is 4.06. The number of nitrogens with one attached hydrogen (secondary N) is 1. The molecule has 0 aliphatic carbocycles. The Hall–Kier alpha value is -1.66. The van der Waals surface area contributed by atoms with Crippen molar-refractivity contribution in [2.75, 3.05) is 13.1 Å². The molecule has 1 unspecified atom stereocenters. The molecule has 7 heteroatoms. The highest BCUT2D eigenvalue weighted by Crippen LogP contribution is 2.47. The number of piperidine rings is 1. The molecule has 1 atom stereocenters. The van der Waals surface area contributed by atoms with Gasteiger partial charge in [0.05, 0.1) is 22.8 Å². The van der Waals surface area contributed by atoms with Crippen molar-refractivity contribution in [3.8, 4) is 0 Å². The van der Waals surface area contributed by atoms with E-state index in [1.807, 2.05) is 25.7 Å². The van der Waals surface area contributed by atoms with Gasteiger partial charge in [-0.1, -0.05) is 32.4 Å². The fourth-order valence-corrected chi connectivity index (χ4v) is 4.23. The second-order valence-corrected chi connectivity index (χ2v) is 8.06. The van der Waals surface area contributed by atoms with Crippen LogP contribution in [0.25, 0.3) is 10.9 Å². The number of aliphatic hydroxyl groups excluding tert-OH is 1. The van der Waals surface area contributed by atoms with Crippen LogP contribution in [0.2, 0.25) is 5.02 Å². The van der Waals surface area contributed by atoms with E-state index in [1.165, 1.54) is 6.07 Å². The van der Waals surface area contributed by atoms with E-state index in [1.54, 1.807) is 6.20 Å². The summed E-state index contributed by atoms with van der Waals surface area (Å²) in [6.45, 7) is 7.10. The van der Waals surface area contributed by atoms with E-state index in [-0.39, 0.29) is 22.4 Å². The molecule has 1 saturated heterocycles. The molecule has 1 aliphatic rings. The predicted molar refractivity (Wildman–Crippen MR) is 99.4 cm³/mol. The molecule has 3 rings (SSSR count). The highest BCUT2D eigenvalue weighted by molar-refractivity contribution is 6.31. The number of nitrogens with zero attached hydrogens (tertiary/aromatic N) is 2. The van der Waals surface area contributed by atoms with Gasteiger partial charge in [-0.15, -0.1) is 0 Å². The number of H-pyrrole nitrogens is 1. The zero-order valence-corrected chi connectivity index (χ0v) is 16.1. The Bertz CT molecular complexity index is 812. The first-order valence-electron chi connectivity index (χ1n) is 9.04. The van der Waals surface area contributed by atoms with Crippen LogP contribution in [0.4, 0.5) is 4.39 Å². The van der Waals surface area contributed by atoms with Gasteiger partial charge in [0.15, 0.2) is 0 Å². The molecule has 142 valence electrons. The largest absolute Gasteiger partial charge is 0.388 e. The van der Waals surface area contributed by atoms with E-state index in [0.29, 0.717) is 30.4 Å². The Balaban J connectivity index is 1.88. The lowest BCUT2D eigenvalue weighted by molar-refractivity contribution is -0.133. The van der Waals surface area contributed by atoms with Crippen molar-refractivity contribution >= 4 is 28.4 Å². The number of amides is 1. The first-order chi connectivity index (χ1) is 12.3. The van der Waals surface area contributed by atoms with Gasteiger partial charge in [0, 0.05) is 30.5 Å². The molecule has 2 N–H and O–H groups in total. The van der Waals surface area contributed by atoms with Gasteiger partial charge >= 0.3 is 0 Å². The molecule has 1 aromatic heterocycles. The van der Waals surface area contributed by atoms with Gasteiger partial charge < -0.3 is 10.0 Å². The van der Waals surface area contributed by atoms with E-state index in [9.17, 15) is 14.3 Å². The minimum Gasteiger partial charge on any atom is -0.388 e. The van der Waals surface area contributed by atoms with Crippen LogP contribution >= 0.6 is 11.6 Å². The Labute approximate surface area is 157 Å². The number of rotatable bonds is 4. The third-order valence-corrected chi connectivity index (χ3v) is 6.12. The summed E-state index contributed by atoms with van der Waals surface area (Å²) in [6.07, 6.45) is 2.59. The van der Waals surface area contributed by atoms with Crippen molar-refractivity contribution in [3.05, 3.63) is 28.7 Å². The SMILES string of the molecule is CCC(=O)N1CCC(C(C)(C)C(O)c2c(F)c(Cl)cc3cn[nH]c23)CC1. The van der Waals surface area contributed by atoms with E-state index in [2.05, 4.69) is 10.2 Å². The molecule has 5 nitrogen and oxygen atoms in total. The van der Waals surface area contributed by atoms with Gasteiger partial charge in [0.25, 0.3) is 0 Å². The topological polar surface area (TPSA) is 69.2 Å².